The van der Waals surface area contributed by atoms with Gasteiger partial charge in [0.05, 0.1) is 19.6 Å². The summed E-state index contributed by atoms with van der Waals surface area (Å²) in [4.78, 5) is 23.8. The summed E-state index contributed by atoms with van der Waals surface area (Å²) in [7, 11) is 6.42. The Morgan fingerprint density at radius 3 is 1.09 bits per heavy atom. The zero-order valence-electron chi connectivity index (χ0n) is 45.3. The van der Waals surface area contributed by atoms with E-state index in [0.29, 0.717) is 25.2 Å². The van der Waals surface area contributed by atoms with E-state index in [0.717, 1.165) is 113 Å². The smallest absolute Gasteiger partial charge is 0.115 e. The van der Waals surface area contributed by atoms with Crippen molar-refractivity contribution in [2.24, 2.45) is 0 Å². The molecule has 0 saturated heterocycles. The predicted molar refractivity (Wildman–Crippen MR) is 310 cm³/mol. The zero-order chi connectivity index (χ0) is 54.6. The third-order valence-corrected chi connectivity index (χ3v) is 16.6. The van der Waals surface area contributed by atoms with Gasteiger partial charge in [-0.05, 0) is 139 Å². The first kappa shape index (κ1) is 54.6. The van der Waals surface area contributed by atoms with Crippen molar-refractivity contribution in [3.63, 3.8) is 0 Å². The molecular weight excluding hydrogens is 1030 g/mol. The highest BCUT2D eigenvalue weighted by Crippen LogP contribution is 2.38. The summed E-state index contributed by atoms with van der Waals surface area (Å²) in [5, 5.41) is 39.3. The van der Waals surface area contributed by atoms with Crippen LogP contribution < -0.4 is 0 Å². The van der Waals surface area contributed by atoms with Crippen LogP contribution in [-0.4, -0.2) is 104 Å². The summed E-state index contributed by atoms with van der Waals surface area (Å²) in [5.41, 5.74) is 12.5. The first-order chi connectivity index (χ1) is 36.7. The largest absolute Gasteiger partial charge is 0.384 e. The van der Waals surface area contributed by atoms with Crippen LogP contribution in [0.3, 0.4) is 0 Å². The second kappa shape index (κ2) is 21.8. The van der Waals surface area contributed by atoms with Crippen LogP contribution in [0.4, 0.5) is 0 Å². The lowest BCUT2D eigenvalue weighted by Crippen LogP contribution is -2.31. The van der Waals surface area contributed by atoms with Crippen LogP contribution in [0.25, 0.3) is 32.7 Å². The molecule has 3 aliphatic rings. The molecule has 9 heterocycles. The number of rotatable bonds is 9. The van der Waals surface area contributed by atoms with Gasteiger partial charge >= 0.3 is 0 Å². The number of aromatic nitrogens is 7. The van der Waals surface area contributed by atoms with E-state index in [1.807, 2.05) is 101 Å². The number of benzene rings is 3. The van der Waals surface area contributed by atoms with Gasteiger partial charge in [0, 0.05) is 176 Å². The SMILES string of the molecule is CN1CCc2c(c3cc(Cl)ccc3n2C[C@@](C)(O)c2cncnc2)C1.Cc1ccc([C@@](C)(O)Cn2c3c(c4cc(Cl)ccc42)CN(C)CC3)cn1.Cc1ccc([C@](C)(O)Cn2c3c(c4cc(Cl)ccc42)CN(C)CC3)cn1. The van der Waals surface area contributed by atoms with Crippen molar-refractivity contribution in [2.45, 2.75) is 110 Å². The van der Waals surface area contributed by atoms with E-state index in [1.54, 1.807) is 24.8 Å². The van der Waals surface area contributed by atoms with Crippen molar-refractivity contribution in [2.75, 3.05) is 40.8 Å². The molecule has 402 valence electrons. The number of pyridine rings is 2. The first-order valence-electron chi connectivity index (χ1n) is 26.4. The van der Waals surface area contributed by atoms with Gasteiger partial charge in [-0.1, -0.05) is 46.9 Å². The van der Waals surface area contributed by atoms with E-state index in [9.17, 15) is 15.3 Å². The summed E-state index contributed by atoms with van der Waals surface area (Å²) in [6, 6.07) is 25.9. The molecule has 0 spiro atoms. The highest BCUT2D eigenvalue weighted by atomic mass is 35.5. The summed E-state index contributed by atoms with van der Waals surface area (Å²) < 4.78 is 6.78. The molecule has 9 aromatic rings. The molecule has 3 N–H and O–H groups in total. The predicted octanol–water partition coefficient (Wildman–Crippen LogP) is 10.8. The van der Waals surface area contributed by atoms with Crippen molar-refractivity contribution < 1.29 is 15.3 Å². The van der Waals surface area contributed by atoms with Crippen LogP contribution in [0, 0.1) is 13.8 Å². The minimum Gasteiger partial charge on any atom is -0.384 e. The average Bonchev–Trinajstić information content (AvgIpc) is 3.98. The molecule has 77 heavy (non-hydrogen) atoms. The zero-order valence-corrected chi connectivity index (χ0v) is 47.6. The van der Waals surface area contributed by atoms with Crippen LogP contribution in [0.1, 0.15) is 82.6 Å². The number of likely N-dealkylation sites (N-methyl/N-ethyl adjacent to an activating group) is 3. The minimum atomic E-state index is -1.05. The van der Waals surface area contributed by atoms with E-state index in [4.69, 9.17) is 34.8 Å². The van der Waals surface area contributed by atoms with Gasteiger partial charge in [-0.3, -0.25) is 9.97 Å². The molecule has 3 aromatic carbocycles. The van der Waals surface area contributed by atoms with E-state index in [-0.39, 0.29) is 0 Å². The number of hydrogen-bond donors (Lipinski definition) is 3. The third kappa shape index (κ3) is 11.4. The first-order valence-corrected chi connectivity index (χ1v) is 27.5. The fourth-order valence-electron chi connectivity index (χ4n) is 11.6. The maximum absolute atomic E-state index is 11.2. The topological polar surface area (TPSA) is 137 Å². The second-order valence-corrected chi connectivity index (χ2v) is 23.6. The number of nitrogens with zero attached hydrogens (tertiary/aromatic N) is 10. The molecular formula is C61H69Cl3N10O3. The monoisotopic (exact) mass is 1090 g/mol. The number of aliphatic hydroxyl groups is 3. The van der Waals surface area contributed by atoms with Gasteiger partial charge in [-0.2, -0.15) is 0 Å². The molecule has 0 amide bonds. The van der Waals surface area contributed by atoms with Gasteiger partial charge in [0.25, 0.3) is 0 Å². The highest BCUT2D eigenvalue weighted by molar-refractivity contribution is 6.32. The Balaban J connectivity index is 0.000000131. The molecule has 16 heteroatoms. The van der Waals surface area contributed by atoms with Gasteiger partial charge in [-0.25, -0.2) is 9.97 Å². The third-order valence-electron chi connectivity index (χ3n) is 15.9. The fraction of sp³-hybridized carbons (Fsp3) is 0.377. The molecule has 12 rings (SSSR count). The van der Waals surface area contributed by atoms with E-state index in [1.165, 1.54) is 56.3 Å². The standard InChI is InChI=1S/2C21H24ClN3O.C19H21ClN4O/c2*1-14-4-5-15(11-23-14)21(2,26)13-25-19-7-6-16(22)10-17(19)18-12-24(3)9-8-20(18)25;1-19(25,13-8-21-12-22-9-13)11-24-17-4-3-14(20)7-15(17)16-10-23(2)6-5-18(16)24/h2*4-7,10-11,26H,8-9,12-13H2,1-3H3;3-4,7-9,12,25H,5-6,10-11H2,1-2H3/t2*21-;19-/m101/s1. The van der Waals surface area contributed by atoms with E-state index < -0.39 is 16.8 Å². The van der Waals surface area contributed by atoms with Crippen molar-refractivity contribution in [3.8, 4) is 0 Å². The fourth-order valence-corrected chi connectivity index (χ4v) is 12.1. The van der Waals surface area contributed by atoms with Crippen molar-refractivity contribution in [1.82, 2.24) is 48.3 Å². The second-order valence-electron chi connectivity index (χ2n) is 22.3. The average molecular weight is 1100 g/mol. The van der Waals surface area contributed by atoms with Crippen LogP contribution in [0.2, 0.25) is 15.1 Å². The summed E-state index contributed by atoms with van der Waals surface area (Å²) in [6.45, 7) is 16.7. The number of hydrogen-bond acceptors (Lipinski definition) is 10. The van der Waals surface area contributed by atoms with Crippen molar-refractivity contribution >= 4 is 67.5 Å². The highest BCUT2D eigenvalue weighted by Gasteiger charge is 2.33. The van der Waals surface area contributed by atoms with Gasteiger partial charge in [0.15, 0.2) is 0 Å². The molecule has 0 fully saturated rings. The van der Waals surface area contributed by atoms with Gasteiger partial charge in [0.1, 0.15) is 23.1 Å². The van der Waals surface area contributed by atoms with Crippen molar-refractivity contribution in [3.05, 3.63) is 187 Å². The Morgan fingerprint density at radius 2 is 0.779 bits per heavy atom. The molecule has 0 radical (unpaired) electrons. The lowest BCUT2D eigenvalue weighted by Gasteiger charge is -2.28. The maximum Gasteiger partial charge on any atom is 0.115 e. The molecule has 0 bridgehead atoms. The van der Waals surface area contributed by atoms with E-state index in [2.05, 4.69) is 81.6 Å². The van der Waals surface area contributed by atoms with Crippen LogP contribution >= 0.6 is 34.8 Å². The summed E-state index contributed by atoms with van der Waals surface area (Å²) >= 11 is 18.8. The lowest BCUT2D eigenvalue weighted by molar-refractivity contribution is 0.0374. The Hall–Kier alpha value is -5.71. The molecule has 6 aromatic heterocycles. The summed E-state index contributed by atoms with van der Waals surface area (Å²) in [5.74, 6) is 0. The number of aryl methyl sites for hydroxylation is 2. The quantitative estimate of drug-likeness (QED) is 0.128. The molecule has 3 atom stereocenters. The van der Waals surface area contributed by atoms with Gasteiger partial charge < -0.3 is 43.7 Å². The Morgan fingerprint density at radius 1 is 0.455 bits per heavy atom. The van der Waals surface area contributed by atoms with Gasteiger partial charge in [0.2, 0.25) is 0 Å². The Bertz CT molecular complexity index is 3430. The van der Waals surface area contributed by atoms with Crippen LogP contribution in [-0.2, 0) is 75.3 Å². The molecule has 0 aliphatic carbocycles. The maximum atomic E-state index is 11.2. The molecule has 3 aliphatic heterocycles. The molecule has 13 nitrogen and oxygen atoms in total. The summed E-state index contributed by atoms with van der Waals surface area (Å²) in [6.07, 6.45) is 11.3. The lowest BCUT2D eigenvalue weighted by atomic mass is 9.97. The minimum absolute atomic E-state index is 0.456. The molecule has 0 unspecified atom stereocenters. The van der Waals surface area contributed by atoms with E-state index >= 15 is 0 Å². The van der Waals surface area contributed by atoms with Crippen molar-refractivity contribution in [1.29, 1.82) is 0 Å². The number of fused-ring (bicyclic) bond motifs is 9. The Kier molecular flexibility index (Phi) is 15.5. The van der Waals surface area contributed by atoms with Crippen LogP contribution in [0.15, 0.2) is 110 Å². The Labute approximate surface area is 466 Å². The normalized spacial score (nSPS) is 17.3. The number of halogens is 3. The van der Waals surface area contributed by atoms with Gasteiger partial charge in [-0.15, -0.1) is 0 Å². The van der Waals surface area contributed by atoms with Crippen LogP contribution in [0.5, 0.6) is 0 Å². The molecule has 0 saturated carbocycles.